The van der Waals surface area contributed by atoms with Crippen molar-refractivity contribution < 1.29 is 4.79 Å². The Hall–Kier alpha value is -2.33. The van der Waals surface area contributed by atoms with Gasteiger partial charge in [-0.25, -0.2) is 5.84 Å². The van der Waals surface area contributed by atoms with Crippen LogP contribution in [0.25, 0.3) is 0 Å². The molecule has 4 nitrogen and oxygen atoms in total. The number of nitrogens with zero attached hydrogens (tertiary/aromatic N) is 1. The number of nitrogens with two attached hydrogens (primary N) is 1. The smallest absolute Gasteiger partial charge is 0.265 e. The summed E-state index contributed by atoms with van der Waals surface area (Å²) in [5.74, 6) is 4.91. The summed E-state index contributed by atoms with van der Waals surface area (Å²) in [5, 5.41) is 0. The molecule has 0 fully saturated rings. The number of carbonyl (C=O) groups is 1. The molecule has 0 bridgehead atoms. The molecule has 2 rings (SSSR count). The lowest BCUT2D eigenvalue weighted by Crippen LogP contribution is -2.30. The summed E-state index contributed by atoms with van der Waals surface area (Å²) in [6.45, 7) is 5.85. The zero-order valence-corrected chi connectivity index (χ0v) is 12.5. The predicted molar refractivity (Wildman–Crippen MR) is 86.0 cm³/mol. The average Bonchev–Trinajstić information content (AvgIpc) is 2.53. The van der Waals surface area contributed by atoms with E-state index in [1.165, 1.54) is 11.3 Å². The van der Waals surface area contributed by atoms with Crippen molar-refractivity contribution in [1.29, 1.82) is 0 Å². The Morgan fingerprint density at radius 1 is 1.19 bits per heavy atom. The molecule has 0 aliphatic carbocycles. The Balaban J connectivity index is 2.18. The van der Waals surface area contributed by atoms with Crippen LogP contribution in [0.3, 0.4) is 0 Å². The second-order valence-electron chi connectivity index (χ2n) is 5.02. The van der Waals surface area contributed by atoms with Gasteiger partial charge in [-0.2, -0.15) is 0 Å². The van der Waals surface area contributed by atoms with Crippen LogP contribution in [0.15, 0.2) is 48.5 Å². The van der Waals surface area contributed by atoms with Crippen LogP contribution < -0.4 is 16.2 Å². The molecule has 0 saturated heterocycles. The van der Waals surface area contributed by atoms with Gasteiger partial charge in [-0.05, 0) is 43.7 Å². The Kier molecular flexibility index (Phi) is 4.95. The SMILES string of the molecule is CCN(Cc1cccc(C(=O)NN)c1)c1ccc(C)cc1. The van der Waals surface area contributed by atoms with Crippen LogP contribution >= 0.6 is 0 Å². The van der Waals surface area contributed by atoms with E-state index < -0.39 is 0 Å². The summed E-state index contributed by atoms with van der Waals surface area (Å²) < 4.78 is 0. The predicted octanol–water partition coefficient (Wildman–Crippen LogP) is 2.63. The van der Waals surface area contributed by atoms with Gasteiger partial charge in [-0.1, -0.05) is 29.8 Å². The summed E-state index contributed by atoms with van der Waals surface area (Å²) >= 11 is 0. The molecule has 3 N–H and O–H groups in total. The third-order valence-corrected chi connectivity index (χ3v) is 3.47. The Labute approximate surface area is 125 Å². The van der Waals surface area contributed by atoms with E-state index in [0.717, 1.165) is 18.7 Å². The lowest BCUT2D eigenvalue weighted by molar-refractivity contribution is 0.0953. The van der Waals surface area contributed by atoms with E-state index in [2.05, 4.69) is 48.4 Å². The van der Waals surface area contributed by atoms with Gasteiger partial charge in [-0.15, -0.1) is 0 Å². The van der Waals surface area contributed by atoms with Gasteiger partial charge in [-0.3, -0.25) is 10.2 Å². The number of rotatable bonds is 5. The normalized spacial score (nSPS) is 10.2. The first-order valence-corrected chi connectivity index (χ1v) is 7.05. The van der Waals surface area contributed by atoms with Crippen molar-refractivity contribution >= 4 is 11.6 Å². The van der Waals surface area contributed by atoms with E-state index in [4.69, 9.17) is 5.84 Å². The van der Waals surface area contributed by atoms with Crippen molar-refractivity contribution in [2.24, 2.45) is 5.84 Å². The fraction of sp³-hybridized carbons (Fsp3) is 0.235. The van der Waals surface area contributed by atoms with Crippen molar-refractivity contribution in [2.45, 2.75) is 20.4 Å². The molecule has 21 heavy (non-hydrogen) atoms. The number of carbonyl (C=O) groups excluding carboxylic acids is 1. The maximum Gasteiger partial charge on any atom is 0.265 e. The number of anilines is 1. The van der Waals surface area contributed by atoms with Gasteiger partial charge in [0.05, 0.1) is 0 Å². The molecule has 1 amide bonds. The minimum Gasteiger partial charge on any atom is -0.367 e. The first-order chi connectivity index (χ1) is 10.1. The van der Waals surface area contributed by atoms with E-state index in [1.807, 2.05) is 18.2 Å². The molecule has 0 aromatic heterocycles. The minimum atomic E-state index is -0.268. The first kappa shape index (κ1) is 15.1. The van der Waals surface area contributed by atoms with Gasteiger partial charge in [0, 0.05) is 24.3 Å². The fourth-order valence-corrected chi connectivity index (χ4v) is 2.26. The summed E-state index contributed by atoms with van der Waals surface area (Å²) in [6, 6.07) is 16.0. The summed E-state index contributed by atoms with van der Waals surface area (Å²) in [5.41, 5.74) is 6.25. The third-order valence-electron chi connectivity index (χ3n) is 3.47. The number of nitrogen functional groups attached to an aromatic ring is 1. The first-order valence-electron chi connectivity index (χ1n) is 7.05. The number of amides is 1. The van der Waals surface area contributed by atoms with E-state index in [9.17, 15) is 4.79 Å². The van der Waals surface area contributed by atoms with Gasteiger partial charge in [0.1, 0.15) is 0 Å². The lowest BCUT2D eigenvalue weighted by atomic mass is 10.1. The van der Waals surface area contributed by atoms with E-state index in [-0.39, 0.29) is 5.91 Å². The summed E-state index contributed by atoms with van der Waals surface area (Å²) in [4.78, 5) is 13.8. The number of hydrogen-bond donors (Lipinski definition) is 2. The molecular weight excluding hydrogens is 262 g/mol. The molecule has 0 atom stereocenters. The Morgan fingerprint density at radius 3 is 2.52 bits per heavy atom. The quantitative estimate of drug-likeness (QED) is 0.504. The van der Waals surface area contributed by atoms with Gasteiger partial charge in [0.25, 0.3) is 5.91 Å². The molecule has 0 heterocycles. The molecular formula is C17H21N3O. The van der Waals surface area contributed by atoms with E-state index in [0.29, 0.717) is 5.56 Å². The molecule has 2 aromatic carbocycles. The Bertz CT molecular complexity index is 608. The molecule has 0 unspecified atom stereocenters. The van der Waals surface area contributed by atoms with Gasteiger partial charge in [0.15, 0.2) is 0 Å². The number of benzene rings is 2. The highest BCUT2D eigenvalue weighted by atomic mass is 16.2. The number of hydrazine groups is 1. The third kappa shape index (κ3) is 3.83. The Morgan fingerprint density at radius 2 is 1.90 bits per heavy atom. The second kappa shape index (κ2) is 6.90. The average molecular weight is 283 g/mol. The summed E-state index contributed by atoms with van der Waals surface area (Å²) in [7, 11) is 0. The standard InChI is InChI=1S/C17H21N3O/c1-3-20(16-9-7-13(2)8-10-16)12-14-5-4-6-15(11-14)17(21)19-18/h4-11H,3,12,18H2,1-2H3,(H,19,21). The van der Waals surface area contributed by atoms with Crippen molar-refractivity contribution in [2.75, 3.05) is 11.4 Å². The van der Waals surface area contributed by atoms with Crippen LogP contribution in [-0.2, 0) is 6.54 Å². The molecule has 0 spiro atoms. The van der Waals surface area contributed by atoms with Crippen LogP contribution in [0.5, 0.6) is 0 Å². The molecule has 0 aliphatic rings. The topological polar surface area (TPSA) is 58.4 Å². The zero-order chi connectivity index (χ0) is 15.2. The van der Waals surface area contributed by atoms with Gasteiger partial charge in [0.2, 0.25) is 0 Å². The zero-order valence-electron chi connectivity index (χ0n) is 12.5. The van der Waals surface area contributed by atoms with Crippen molar-refractivity contribution in [3.8, 4) is 0 Å². The molecule has 0 saturated carbocycles. The monoisotopic (exact) mass is 283 g/mol. The van der Waals surface area contributed by atoms with Crippen LogP contribution in [-0.4, -0.2) is 12.5 Å². The van der Waals surface area contributed by atoms with Crippen LogP contribution in [0, 0.1) is 6.92 Å². The highest BCUT2D eigenvalue weighted by molar-refractivity contribution is 5.93. The van der Waals surface area contributed by atoms with Gasteiger partial charge >= 0.3 is 0 Å². The lowest BCUT2D eigenvalue weighted by Gasteiger charge is -2.23. The second-order valence-corrected chi connectivity index (χ2v) is 5.02. The van der Waals surface area contributed by atoms with Gasteiger partial charge < -0.3 is 4.90 Å². The van der Waals surface area contributed by atoms with Crippen molar-refractivity contribution in [1.82, 2.24) is 5.43 Å². The molecule has 0 radical (unpaired) electrons. The number of hydrogen-bond acceptors (Lipinski definition) is 3. The largest absolute Gasteiger partial charge is 0.367 e. The fourth-order valence-electron chi connectivity index (χ4n) is 2.26. The maximum atomic E-state index is 11.6. The molecule has 0 aliphatic heterocycles. The van der Waals surface area contributed by atoms with E-state index in [1.54, 1.807) is 6.07 Å². The minimum absolute atomic E-state index is 0.268. The van der Waals surface area contributed by atoms with Crippen molar-refractivity contribution in [3.05, 3.63) is 65.2 Å². The highest BCUT2D eigenvalue weighted by Crippen LogP contribution is 2.18. The molecule has 110 valence electrons. The highest BCUT2D eigenvalue weighted by Gasteiger charge is 2.08. The summed E-state index contributed by atoms with van der Waals surface area (Å²) in [6.07, 6.45) is 0. The molecule has 4 heteroatoms. The van der Waals surface area contributed by atoms with Crippen molar-refractivity contribution in [3.63, 3.8) is 0 Å². The maximum absolute atomic E-state index is 11.6. The number of aryl methyl sites for hydroxylation is 1. The van der Waals surface area contributed by atoms with Crippen LogP contribution in [0.2, 0.25) is 0 Å². The van der Waals surface area contributed by atoms with Crippen LogP contribution in [0.4, 0.5) is 5.69 Å². The van der Waals surface area contributed by atoms with E-state index >= 15 is 0 Å². The molecule has 2 aromatic rings. The number of nitrogens with one attached hydrogen (secondary N) is 1. The van der Waals surface area contributed by atoms with Crippen LogP contribution in [0.1, 0.15) is 28.4 Å².